The van der Waals surface area contributed by atoms with Crippen LogP contribution in [0.25, 0.3) is 0 Å². The van der Waals surface area contributed by atoms with Gasteiger partial charge in [-0.1, -0.05) is 31.0 Å². The van der Waals surface area contributed by atoms with Crippen molar-refractivity contribution in [2.45, 2.75) is 40.5 Å². The fraction of sp³-hybridized carbons (Fsp3) is 0.412. The molecule has 0 saturated carbocycles. The zero-order chi connectivity index (χ0) is 16.1. The SMILES string of the molecule is CCCCNc1nc(C)cc(Nc2c(C)cc(C)cc2Cl)n1. The molecular weight excluding hydrogens is 296 g/mol. The molecule has 5 heteroatoms. The van der Waals surface area contributed by atoms with E-state index in [1.165, 1.54) is 0 Å². The highest BCUT2D eigenvalue weighted by Gasteiger charge is 2.08. The molecule has 0 amide bonds. The number of aryl methyl sites for hydroxylation is 3. The summed E-state index contributed by atoms with van der Waals surface area (Å²) in [6, 6.07) is 5.97. The first-order valence-corrected chi connectivity index (χ1v) is 8.00. The fourth-order valence-electron chi connectivity index (χ4n) is 2.29. The molecule has 0 atom stereocenters. The van der Waals surface area contributed by atoms with Gasteiger partial charge in [0.1, 0.15) is 5.82 Å². The van der Waals surface area contributed by atoms with E-state index < -0.39 is 0 Å². The Balaban J connectivity index is 2.22. The maximum absolute atomic E-state index is 6.35. The van der Waals surface area contributed by atoms with Crippen LogP contribution in [-0.2, 0) is 0 Å². The molecule has 2 aromatic rings. The van der Waals surface area contributed by atoms with Gasteiger partial charge in [-0.3, -0.25) is 0 Å². The summed E-state index contributed by atoms with van der Waals surface area (Å²) >= 11 is 6.35. The second-order valence-electron chi connectivity index (χ2n) is 5.56. The van der Waals surface area contributed by atoms with Crippen molar-refractivity contribution in [1.29, 1.82) is 0 Å². The van der Waals surface area contributed by atoms with Crippen LogP contribution in [0.2, 0.25) is 5.02 Å². The van der Waals surface area contributed by atoms with Gasteiger partial charge in [0.2, 0.25) is 5.95 Å². The Morgan fingerprint density at radius 3 is 2.55 bits per heavy atom. The van der Waals surface area contributed by atoms with E-state index in [9.17, 15) is 0 Å². The summed E-state index contributed by atoms with van der Waals surface area (Å²) in [6.45, 7) is 9.07. The van der Waals surface area contributed by atoms with Crippen LogP contribution in [0.4, 0.5) is 17.5 Å². The number of nitrogens with zero attached hydrogens (tertiary/aromatic N) is 2. The second kappa shape index (κ2) is 7.45. The number of hydrogen-bond acceptors (Lipinski definition) is 4. The first kappa shape index (κ1) is 16.6. The number of rotatable bonds is 6. The van der Waals surface area contributed by atoms with Crippen molar-refractivity contribution in [3.63, 3.8) is 0 Å². The number of nitrogens with one attached hydrogen (secondary N) is 2. The number of anilines is 3. The molecule has 1 aromatic heterocycles. The van der Waals surface area contributed by atoms with Crippen LogP contribution in [0.15, 0.2) is 18.2 Å². The zero-order valence-electron chi connectivity index (χ0n) is 13.6. The van der Waals surface area contributed by atoms with Crippen LogP contribution in [0.5, 0.6) is 0 Å². The lowest BCUT2D eigenvalue weighted by Crippen LogP contribution is -2.07. The first-order chi connectivity index (χ1) is 10.5. The molecule has 0 spiro atoms. The van der Waals surface area contributed by atoms with E-state index in [0.29, 0.717) is 11.0 Å². The molecule has 0 aliphatic heterocycles. The van der Waals surface area contributed by atoms with Crippen molar-refractivity contribution >= 4 is 29.1 Å². The molecule has 118 valence electrons. The van der Waals surface area contributed by atoms with E-state index in [4.69, 9.17) is 11.6 Å². The Labute approximate surface area is 137 Å². The highest BCUT2D eigenvalue weighted by atomic mass is 35.5. The molecule has 22 heavy (non-hydrogen) atoms. The van der Waals surface area contributed by atoms with Crippen LogP contribution in [0, 0.1) is 20.8 Å². The fourth-order valence-corrected chi connectivity index (χ4v) is 2.66. The smallest absolute Gasteiger partial charge is 0.224 e. The van der Waals surface area contributed by atoms with Crippen molar-refractivity contribution in [1.82, 2.24) is 9.97 Å². The first-order valence-electron chi connectivity index (χ1n) is 7.63. The average molecular weight is 319 g/mol. The molecule has 0 bridgehead atoms. The van der Waals surface area contributed by atoms with Gasteiger partial charge in [0, 0.05) is 18.3 Å². The Morgan fingerprint density at radius 2 is 1.86 bits per heavy atom. The molecule has 0 radical (unpaired) electrons. The third-order valence-electron chi connectivity index (χ3n) is 3.35. The number of unbranched alkanes of at least 4 members (excludes halogenated alkanes) is 1. The number of benzene rings is 1. The molecule has 4 nitrogen and oxygen atoms in total. The summed E-state index contributed by atoms with van der Waals surface area (Å²) < 4.78 is 0. The normalized spacial score (nSPS) is 10.6. The summed E-state index contributed by atoms with van der Waals surface area (Å²) in [4.78, 5) is 8.92. The van der Waals surface area contributed by atoms with Crippen LogP contribution in [-0.4, -0.2) is 16.5 Å². The van der Waals surface area contributed by atoms with E-state index in [1.54, 1.807) is 0 Å². The molecule has 2 N–H and O–H groups in total. The zero-order valence-corrected chi connectivity index (χ0v) is 14.4. The van der Waals surface area contributed by atoms with Crippen LogP contribution in [0.1, 0.15) is 36.6 Å². The predicted molar refractivity (Wildman–Crippen MR) is 94.4 cm³/mol. The molecule has 0 aliphatic carbocycles. The van der Waals surface area contributed by atoms with Gasteiger partial charge in [-0.25, -0.2) is 4.98 Å². The third kappa shape index (κ3) is 4.34. The summed E-state index contributed by atoms with van der Waals surface area (Å²) in [5.74, 6) is 1.40. The molecule has 0 fully saturated rings. The summed E-state index contributed by atoms with van der Waals surface area (Å²) in [5, 5.41) is 7.28. The highest BCUT2D eigenvalue weighted by molar-refractivity contribution is 6.33. The summed E-state index contributed by atoms with van der Waals surface area (Å²) in [6.07, 6.45) is 2.24. The van der Waals surface area contributed by atoms with E-state index in [0.717, 1.165) is 47.7 Å². The van der Waals surface area contributed by atoms with Crippen molar-refractivity contribution in [2.75, 3.05) is 17.2 Å². The molecule has 0 saturated heterocycles. The van der Waals surface area contributed by atoms with Gasteiger partial charge in [0.05, 0.1) is 10.7 Å². The van der Waals surface area contributed by atoms with Gasteiger partial charge in [0.15, 0.2) is 0 Å². The van der Waals surface area contributed by atoms with Crippen molar-refractivity contribution in [3.8, 4) is 0 Å². The highest BCUT2D eigenvalue weighted by Crippen LogP contribution is 2.30. The minimum atomic E-state index is 0.650. The maximum Gasteiger partial charge on any atom is 0.224 e. The van der Waals surface area contributed by atoms with Crippen molar-refractivity contribution in [2.24, 2.45) is 0 Å². The molecule has 1 aromatic carbocycles. The second-order valence-corrected chi connectivity index (χ2v) is 5.97. The Hall–Kier alpha value is -1.81. The van der Waals surface area contributed by atoms with Gasteiger partial charge in [0.25, 0.3) is 0 Å². The Morgan fingerprint density at radius 1 is 1.09 bits per heavy atom. The van der Waals surface area contributed by atoms with Gasteiger partial charge in [-0.05, 0) is 44.4 Å². The molecule has 0 aliphatic rings. The summed E-state index contributed by atoms with van der Waals surface area (Å²) in [5.41, 5.74) is 4.05. The minimum Gasteiger partial charge on any atom is -0.354 e. The number of halogens is 1. The monoisotopic (exact) mass is 318 g/mol. The van der Waals surface area contributed by atoms with Gasteiger partial charge >= 0.3 is 0 Å². The Bertz CT molecular complexity index is 632. The Kier molecular flexibility index (Phi) is 5.61. The van der Waals surface area contributed by atoms with E-state index in [2.05, 4.69) is 33.6 Å². The van der Waals surface area contributed by atoms with E-state index in [-0.39, 0.29) is 0 Å². The van der Waals surface area contributed by atoms with Crippen molar-refractivity contribution < 1.29 is 0 Å². The van der Waals surface area contributed by atoms with Gasteiger partial charge < -0.3 is 10.6 Å². The molecular formula is C17H23ClN4. The molecule has 0 unspecified atom stereocenters. The van der Waals surface area contributed by atoms with Crippen molar-refractivity contribution in [3.05, 3.63) is 40.0 Å². The average Bonchev–Trinajstić information content (AvgIpc) is 2.42. The van der Waals surface area contributed by atoms with E-state index >= 15 is 0 Å². The van der Waals surface area contributed by atoms with Crippen LogP contribution < -0.4 is 10.6 Å². The number of hydrogen-bond donors (Lipinski definition) is 2. The predicted octanol–water partition coefficient (Wildman–Crippen LogP) is 5.01. The standard InChI is InChI=1S/C17H23ClN4/c1-5-6-7-19-17-20-13(4)10-15(22-17)21-16-12(3)8-11(2)9-14(16)18/h8-10H,5-7H2,1-4H3,(H2,19,20,21,22). The largest absolute Gasteiger partial charge is 0.354 e. The summed E-state index contributed by atoms with van der Waals surface area (Å²) in [7, 11) is 0. The van der Waals surface area contributed by atoms with Crippen LogP contribution >= 0.6 is 11.6 Å². The molecule has 2 rings (SSSR count). The van der Waals surface area contributed by atoms with E-state index in [1.807, 2.05) is 32.9 Å². The maximum atomic E-state index is 6.35. The van der Waals surface area contributed by atoms with Gasteiger partial charge in [-0.2, -0.15) is 4.98 Å². The minimum absolute atomic E-state index is 0.650. The lowest BCUT2D eigenvalue weighted by Gasteiger charge is -2.13. The van der Waals surface area contributed by atoms with Gasteiger partial charge in [-0.15, -0.1) is 0 Å². The molecule has 1 heterocycles. The quantitative estimate of drug-likeness (QED) is 0.735. The third-order valence-corrected chi connectivity index (χ3v) is 3.65. The lowest BCUT2D eigenvalue weighted by atomic mass is 10.1. The van der Waals surface area contributed by atoms with Crippen LogP contribution in [0.3, 0.4) is 0 Å². The lowest BCUT2D eigenvalue weighted by molar-refractivity contribution is 0.825. The number of aromatic nitrogens is 2. The topological polar surface area (TPSA) is 49.8 Å².